The molecule has 0 aliphatic heterocycles. The molecular weight excluding hydrogens is 262 g/mol. The van der Waals surface area contributed by atoms with E-state index in [-0.39, 0.29) is 11.8 Å². The van der Waals surface area contributed by atoms with Crippen molar-refractivity contribution in [1.29, 1.82) is 0 Å². The Balaban J connectivity index is 1.59. The van der Waals surface area contributed by atoms with Crippen molar-refractivity contribution >= 4 is 11.6 Å². The summed E-state index contributed by atoms with van der Waals surface area (Å²) in [5, 5.41) is 3.02. The highest BCUT2D eigenvalue weighted by atomic mass is 16.5. The van der Waals surface area contributed by atoms with Crippen molar-refractivity contribution < 1.29 is 9.53 Å². The highest BCUT2D eigenvalue weighted by molar-refractivity contribution is 5.92. The summed E-state index contributed by atoms with van der Waals surface area (Å²) in [5.41, 5.74) is 0.838. The summed E-state index contributed by atoms with van der Waals surface area (Å²) < 4.78 is 5.98. The number of anilines is 1. The Morgan fingerprint density at radius 1 is 1.14 bits per heavy atom. The number of allylic oxidation sites excluding steroid dienone is 2. The average Bonchev–Trinajstić information content (AvgIpc) is 3.01. The van der Waals surface area contributed by atoms with Gasteiger partial charge in [0.05, 0.1) is 6.10 Å². The lowest BCUT2D eigenvalue weighted by Crippen LogP contribution is -2.23. The minimum absolute atomic E-state index is 0.106. The van der Waals surface area contributed by atoms with Crippen LogP contribution in [-0.4, -0.2) is 12.0 Å². The molecule has 0 heterocycles. The smallest absolute Gasteiger partial charge is 0.227 e. The molecule has 1 aromatic rings. The van der Waals surface area contributed by atoms with E-state index >= 15 is 0 Å². The molecule has 2 aliphatic rings. The van der Waals surface area contributed by atoms with Gasteiger partial charge in [-0.3, -0.25) is 4.79 Å². The Morgan fingerprint density at radius 2 is 2.00 bits per heavy atom. The number of ether oxygens (including phenoxy) is 1. The first-order valence-corrected chi connectivity index (χ1v) is 8.04. The second kappa shape index (κ2) is 6.79. The summed E-state index contributed by atoms with van der Waals surface area (Å²) in [5.74, 6) is 1.09. The van der Waals surface area contributed by atoms with Crippen molar-refractivity contribution in [3.8, 4) is 5.75 Å². The third-order valence-corrected chi connectivity index (χ3v) is 4.35. The zero-order valence-corrected chi connectivity index (χ0v) is 12.4. The first-order chi connectivity index (χ1) is 10.3. The first-order valence-electron chi connectivity index (χ1n) is 8.04. The fourth-order valence-electron chi connectivity index (χ4n) is 3.12. The van der Waals surface area contributed by atoms with Gasteiger partial charge in [-0.15, -0.1) is 0 Å². The molecule has 2 aliphatic carbocycles. The molecule has 1 aromatic carbocycles. The SMILES string of the molecule is O=C(Nc1cccc(OC2CCCC2)c1)C1CC=CCC1. The lowest BCUT2D eigenvalue weighted by Gasteiger charge is -2.18. The highest BCUT2D eigenvalue weighted by Crippen LogP contribution is 2.26. The van der Waals surface area contributed by atoms with Gasteiger partial charge in [0, 0.05) is 17.7 Å². The van der Waals surface area contributed by atoms with Crippen molar-refractivity contribution in [3.05, 3.63) is 36.4 Å². The van der Waals surface area contributed by atoms with E-state index in [2.05, 4.69) is 17.5 Å². The van der Waals surface area contributed by atoms with Crippen LogP contribution in [0.15, 0.2) is 36.4 Å². The fourth-order valence-corrected chi connectivity index (χ4v) is 3.12. The molecule has 0 saturated heterocycles. The minimum atomic E-state index is 0.106. The normalized spacial score (nSPS) is 22.2. The van der Waals surface area contributed by atoms with Crippen molar-refractivity contribution in [2.75, 3.05) is 5.32 Å². The van der Waals surface area contributed by atoms with Crippen molar-refractivity contribution in [3.63, 3.8) is 0 Å². The molecule has 0 bridgehead atoms. The number of amides is 1. The predicted octanol–water partition coefficient (Wildman–Crippen LogP) is 4.30. The van der Waals surface area contributed by atoms with E-state index in [0.717, 1.165) is 43.5 Å². The molecule has 1 N–H and O–H groups in total. The van der Waals surface area contributed by atoms with Gasteiger partial charge in [0.25, 0.3) is 0 Å². The molecule has 3 nitrogen and oxygen atoms in total. The van der Waals surface area contributed by atoms with Gasteiger partial charge in [-0.25, -0.2) is 0 Å². The zero-order chi connectivity index (χ0) is 14.5. The molecule has 3 heteroatoms. The molecule has 0 radical (unpaired) electrons. The zero-order valence-electron chi connectivity index (χ0n) is 12.4. The molecule has 1 saturated carbocycles. The van der Waals surface area contributed by atoms with E-state index in [1.165, 1.54) is 12.8 Å². The molecule has 21 heavy (non-hydrogen) atoms. The Kier molecular flexibility index (Phi) is 4.59. The van der Waals surface area contributed by atoms with Crippen LogP contribution in [0.25, 0.3) is 0 Å². The summed E-state index contributed by atoms with van der Waals surface area (Å²) >= 11 is 0. The Morgan fingerprint density at radius 3 is 2.76 bits per heavy atom. The van der Waals surface area contributed by atoms with Crippen LogP contribution in [0.2, 0.25) is 0 Å². The predicted molar refractivity (Wildman–Crippen MR) is 84.4 cm³/mol. The van der Waals surface area contributed by atoms with E-state index < -0.39 is 0 Å². The number of hydrogen-bond donors (Lipinski definition) is 1. The number of hydrogen-bond acceptors (Lipinski definition) is 2. The van der Waals surface area contributed by atoms with Crippen LogP contribution in [0.4, 0.5) is 5.69 Å². The fraction of sp³-hybridized carbons (Fsp3) is 0.500. The van der Waals surface area contributed by atoms with Crippen LogP contribution in [0.3, 0.4) is 0 Å². The van der Waals surface area contributed by atoms with Gasteiger partial charge in [0.2, 0.25) is 5.91 Å². The number of carbonyl (C=O) groups excluding carboxylic acids is 1. The molecule has 112 valence electrons. The maximum absolute atomic E-state index is 12.2. The molecule has 1 amide bonds. The van der Waals surface area contributed by atoms with Crippen molar-refractivity contribution in [1.82, 2.24) is 0 Å². The molecule has 1 atom stereocenters. The monoisotopic (exact) mass is 285 g/mol. The van der Waals surface area contributed by atoms with Gasteiger partial charge in [0.1, 0.15) is 5.75 Å². The minimum Gasteiger partial charge on any atom is -0.490 e. The molecular formula is C18H23NO2. The van der Waals surface area contributed by atoms with Gasteiger partial charge < -0.3 is 10.1 Å². The molecule has 3 rings (SSSR count). The number of carbonyl (C=O) groups is 1. The quantitative estimate of drug-likeness (QED) is 0.837. The molecule has 0 aromatic heterocycles. The summed E-state index contributed by atoms with van der Waals surface area (Å²) in [6.07, 6.45) is 12.2. The van der Waals surface area contributed by atoms with E-state index in [4.69, 9.17) is 4.74 Å². The second-order valence-corrected chi connectivity index (χ2v) is 6.02. The van der Waals surface area contributed by atoms with Gasteiger partial charge in [0.15, 0.2) is 0 Å². The maximum atomic E-state index is 12.2. The van der Waals surface area contributed by atoms with E-state index in [0.29, 0.717) is 6.10 Å². The average molecular weight is 285 g/mol. The van der Waals surface area contributed by atoms with E-state index in [9.17, 15) is 4.79 Å². The number of nitrogens with one attached hydrogen (secondary N) is 1. The topological polar surface area (TPSA) is 38.3 Å². The Bertz CT molecular complexity index is 518. The van der Waals surface area contributed by atoms with Gasteiger partial charge in [-0.2, -0.15) is 0 Å². The van der Waals surface area contributed by atoms with Gasteiger partial charge in [-0.05, 0) is 57.1 Å². The van der Waals surface area contributed by atoms with E-state index in [1.807, 2.05) is 24.3 Å². The largest absolute Gasteiger partial charge is 0.490 e. The summed E-state index contributed by atoms with van der Waals surface area (Å²) in [7, 11) is 0. The van der Waals surface area contributed by atoms with Crippen LogP contribution in [0.5, 0.6) is 5.75 Å². The molecule has 1 fully saturated rings. The van der Waals surface area contributed by atoms with Crippen LogP contribution < -0.4 is 10.1 Å². The number of rotatable bonds is 4. The third-order valence-electron chi connectivity index (χ3n) is 4.35. The standard InChI is InChI=1S/C18H23NO2/c20-18(14-7-2-1-3-8-14)19-15-9-6-12-17(13-15)21-16-10-4-5-11-16/h1-2,6,9,12-14,16H,3-5,7-8,10-11H2,(H,19,20). The third kappa shape index (κ3) is 3.87. The highest BCUT2D eigenvalue weighted by Gasteiger charge is 2.19. The lowest BCUT2D eigenvalue weighted by atomic mass is 9.93. The van der Waals surface area contributed by atoms with Crippen LogP contribution in [0, 0.1) is 5.92 Å². The van der Waals surface area contributed by atoms with Crippen LogP contribution >= 0.6 is 0 Å². The first kappa shape index (κ1) is 14.2. The van der Waals surface area contributed by atoms with E-state index in [1.54, 1.807) is 0 Å². The maximum Gasteiger partial charge on any atom is 0.227 e. The second-order valence-electron chi connectivity index (χ2n) is 6.02. The summed E-state index contributed by atoms with van der Waals surface area (Å²) in [6, 6.07) is 7.78. The van der Waals surface area contributed by atoms with Crippen LogP contribution in [0.1, 0.15) is 44.9 Å². The molecule has 1 unspecified atom stereocenters. The van der Waals surface area contributed by atoms with Crippen molar-refractivity contribution in [2.45, 2.75) is 51.0 Å². The Hall–Kier alpha value is -1.77. The lowest BCUT2D eigenvalue weighted by molar-refractivity contribution is -0.120. The van der Waals surface area contributed by atoms with Crippen LogP contribution in [-0.2, 0) is 4.79 Å². The number of benzene rings is 1. The van der Waals surface area contributed by atoms with Crippen molar-refractivity contribution in [2.24, 2.45) is 5.92 Å². The summed E-state index contributed by atoms with van der Waals surface area (Å²) in [4.78, 5) is 12.2. The van der Waals surface area contributed by atoms with Gasteiger partial charge >= 0.3 is 0 Å². The Labute approximate surface area is 126 Å². The summed E-state index contributed by atoms with van der Waals surface area (Å²) in [6.45, 7) is 0. The van der Waals surface area contributed by atoms with Gasteiger partial charge in [-0.1, -0.05) is 18.2 Å². The molecule has 0 spiro atoms.